The lowest BCUT2D eigenvalue weighted by atomic mass is 9.87. The average Bonchev–Trinajstić information content (AvgIpc) is 2.77. The molecule has 0 unspecified atom stereocenters. The van der Waals surface area contributed by atoms with E-state index < -0.39 is 83.0 Å². The van der Waals surface area contributed by atoms with Gasteiger partial charge >= 0.3 is 5.97 Å². The Hall–Kier alpha value is -3.30. The molecule has 0 fully saturated rings. The van der Waals surface area contributed by atoms with Gasteiger partial charge in [-0.15, -0.1) is 0 Å². The topological polar surface area (TPSA) is 83.5 Å². The number of halogens is 5. The smallest absolute Gasteiger partial charge is 0.307 e. The molecular formula is C23H22F5NO4. The lowest BCUT2D eigenvalue weighted by molar-refractivity contribution is -0.145. The number of aliphatic carboxylic acids is 1. The predicted octanol–water partition coefficient (Wildman–Crippen LogP) is 3.97. The molecule has 10 heteroatoms. The van der Waals surface area contributed by atoms with Gasteiger partial charge in [0.25, 0.3) is 0 Å². The van der Waals surface area contributed by atoms with E-state index in [4.69, 9.17) is 0 Å². The van der Waals surface area contributed by atoms with Gasteiger partial charge in [0.2, 0.25) is 11.7 Å². The molecule has 178 valence electrons. The number of hydrogen-bond donors (Lipinski definition) is 2. The summed E-state index contributed by atoms with van der Waals surface area (Å²) >= 11 is 0. The summed E-state index contributed by atoms with van der Waals surface area (Å²) in [4.78, 5) is 36.7. The predicted molar refractivity (Wildman–Crippen MR) is 108 cm³/mol. The van der Waals surface area contributed by atoms with Crippen LogP contribution in [0, 0.1) is 40.9 Å². The van der Waals surface area contributed by atoms with Crippen LogP contribution in [0.15, 0.2) is 30.3 Å². The van der Waals surface area contributed by atoms with E-state index in [2.05, 4.69) is 5.32 Å². The van der Waals surface area contributed by atoms with Crippen LogP contribution in [0.2, 0.25) is 0 Å². The third kappa shape index (κ3) is 6.36. The molecule has 0 saturated carbocycles. The molecule has 0 aliphatic rings. The molecule has 1 amide bonds. The van der Waals surface area contributed by atoms with Crippen molar-refractivity contribution in [1.29, 1.82) is 0 Å². The van der Waals surface area contributed by atoms with Gasteiger partial charge in [-0.05, 0) is 17.9 Å². The quantitative estimate of drug-likeness (QED) is 0.312. The second-order valence-electron chi connectivity index (χ2n) is 7.89. The Labute approximate surface area is 186 Å². The normalized spacial score (nSPS) is 13.0. The maximum absolute atomic E-state index is 13.9. The van der Waals surface area contributed by atoms with Crippen LogP contribution in [0.3, 0.4) is 0 Å². The molecule has 2 aromatic carbocycles. The second kappa shape index (κ2) is 11.0. The minimum absolute atomic E-state index is 0.0625. The molecule has 2 atom stereocenters. The Kier molecular flexibility index (Phi) is 8.67. The van der Waals surface area contributed by atoms with E-state index in [1.54, 1.807) is 44.2 Å². The van der Waals surface area contributed by atoms with Crippen molar-refractivity contribution in [3.05, 3.63) is 70.5 Å². The molecule has 0 saturated heterocycles. The molecule has 0 radical (unpaired) electrons. The van der Waals surface area contributed by atoms with E-state index in [9.17, 15) is 41.4 Å². The van der Waals surface area contributed by atoms with Gasteiger partial charge in [0, 0.05) is 12.0 Å². The van der Waals surface area contributed by atoms with E-state index in [1.807, 2.05) is 0 Å². The van der Waals surface area contributed by atoms with E-state index in [1.165, 1.54) is 0 Å². The third-order valence-electron chi connectivity index (χ3n) is 5.19. The first kappa shape index (κ1) is 26.0. The van der Waals surface area contributed by atoms with Gasteiger partial charge in [0.05, 0.1) is 18.4 Å². The fraction of sp³-hybridized carbons (Fsp3) is 0.348. The summed E-state index contributed by atoms with van der Waals surface area (Å²) in [6.07, 6.45) is -1.70. The van der Waals surface area contributed by atoms with Gasteiger partial charge in [0.15, 0.2) is 29.1 Å². The highest BCUT2D eigenvalue weighted by Crippen LogP contribution is 2.24. The summed E-state index contributed by atoms with van der Waals surface area (Å²) in [6, 6.07) is 7.06. The summed E-state index contributed by atoms with van der Waals surface area (Å²) in [6.45, 7) is 3.22. The number of amides is 1. The first-order valence-corrected chi connectivity index (χ1v) is 10.0. The first-order valence-electron chi connectivity index (χ1n) is 10.0. The lowest BCUT2D eigenvalue weighted by Crippen LogP contribution is -2.44. The zero-order valence-corrected chi connectivity index (χ0v) is 17.8. The minimum Gasteiger partial charge on any atom is -0.481 e. The summed E-state index contributed by atoms with van der Waals surface area (Å²) < 4.78 is 67.9. The number of carbonyl (C=O) groups excluding carboxylic acids is 2. The molecule has 0 aromatic heterocycles. The molecule has 2 aromatic rings. The zero-order valence-electron chi connectivity index (χ0n) is 17.8. The Morgan fingerprint density at radius 3 is 1.88 bits per heavy atom. The molecule has 0 heterocycles. The highest BCUT2D eigenvalue weighted by atomic mass is 19.2. The third-order valence-corrected chi connectivity index (χ3v) is 5.19. The summed E-state index contributed by atoms with van der Waals surface area (Å²) in [5.41, 5.74) is -0.732. The van der Waals surface area contributed by atoms with Crippen LogP contribution in [0.1, 0.15) is 31.4 Å². The number of Topliss-reactive ketones (excluding diaryl/α,β-unsaturated/α-hetero) is 1. The standard InChI is InChI=1S/C23H22F5NO4/c1-11(2)13(23(32)33)9-16(30)15(8-12-6-4-3-5-7-12)29-17(31)10-14-18(24)20(26)22(28)21(27)19(14)25/h3-7,11,13,15H,8-10H2,1-2H3,(H,29,31)(H,32,33)/t13-,15-/m0/s1. The molecule has 5 nitrogen and oxygen atoms in total. The number of carboxylic acids is 1. The maximum atomic E-state index is 13.9. The van der Waals surface area contributed by atoms with Crippen molar-refractivity contribution < 1.29 is 41.4 Å². The van der Waals surface area contributed by atoms with Crippen LogP contribution in [0.5, 0.6) is 0 Å². The molecular weight excluding hydrogens is 449 g/mol. The number of rotatable bonds is 10. The summed E-state index contributed by atoms with van der Waals surface area (Å²) in [5, 5.41) is 11.6. The Bertz CT molecular complexity index is 1010. The Balaban J connectivity index is 2.28. The fourth-order valence-electron chi connectivity index (χ4n) is 3.27. The van der Waals surface area contributed by atoms with Gasteiger partial charge in [-0.2, -0.15) is 0 Å². The number of nitrogens with one attached hydrogen (secondary N) is 1. The van der Waals surface area contributed by atoms with Crippen molar-refractivity contribution in [3.8, 4) is 0 Å². The van der Waals surface area contributed by atoms with Crippen LogP contribution < -0.4 is 5.32 Å². The number of carbonyl (C=O) groups is 3. The van der Waals surface area contributed by atoms with Crippen molar-refractivity contribution >= 4 is 17.7 Å². The van der Waals surface area contributed by atoms with Crippen molar-refractivity contribution in [1.82, 2.24) is 5.32 Å². The Morgan fingerprint density at radius 2 is 1.39 bits per heavy atom. The van der Waals surface area contributed by atoms with E-state index in [-0.39, 0.29) is 6.42 Å². The molecule has 0 spiro atoms. The van der Waals surface area contributed by atoms with E-state index in [0.717, 1.165) is 0 Å². The van der Waals surface area contributed by atoms with Gasteiger partial charge < -0.3 is 10.4 Å². The SMILES string of the molecule is CC(C)[C@H](CC(=O)[C@H](Cc1ccccc1)NC(=O)Cc1c(F)c(F)c(F)c(F)c1F)C(=O)O. The maximum Gasteiger partial charge on any atom is 0.307 e. The number of hydrogen-bond acceptors (Lipinski definition) is 3. The average molecular weight is 471 g/mol. The molecule has 0 bridgehead atoms. The minimum atomic E-state index is -2.35. The van der Waals surface area contributed by atoms with Gasteiger partial charge in [-0.3, -0.25) is 14.4 Å². The van der Waals surface area contributed by atoms with Crippen molar-refractivity contribution in [2.24, 2.45) is 11.8 Å². The first-order chi connectivity index (χ1) is 15.4. The fourth-order valence-corrected chi connectivity index (χ4v) is 3.27. The number of benzene rings is 2. The van der Waals surface area contributed by atoms with Gasteiger partial charge in [-0.1, -0.05) is 44.2 Å². The molecule has 0 aliphatic heterocycles. The van der Waals surface area contributed by atoms with Crippen molar-refractivity contribution in [2.75, 3.05) is 0 Å². The summed E-state index contributed by atoms with van der Waals surface area (Å²) in [7, 11) is 0. The molecule has 0 aliphatic carbocycles. The van der Waals surface area contributed by atoms with Crippen LogP contribution in [0.4, 0.5) is 22.0 Å². The largest absolute Gasteiger partial charge is 0.481 e. The second-order valence-corrected chi connectivity index (χ2v) is 7.89. The summed E-state index contributed by atoms with van der Waals surface area (Å²) in [5.74, 6) is -15.4. The zero-order chi connectivity index (χ0) is 24.9. The number of carboxylic acid groups (broad SMARTS) is 1. The van der Waals surface area contributed by atoms with Crippen LogP contribution in [-0.2, 0) is 27.2 Å². The molecule has 2 rings (SSSR count). The van der Waals surface area contributed by atoms with Gasteiger partial charge in [-0.25, -0.2) is 22.0 Å². The van der Waals surface area contributed by atoms with Crippen molar-refractivity contribution in [2.45, 2.75) is 39.2 Å². The van der Waals surface area contributed by atoms with Crippen LogP contribution in [0.25, 0.3) is 0 Å². The van der Waals surface area contributed by atoms with E-state index in [0.29, 0.717) is 5.56 Å². The van der Waals surface area contributed by atoms with E-state index >= 15 is 0 Å². The van der Waals surface area contributed by atoms with Crippen molar-refractivity contribution in [3.63, 3.8) is 0 Å². The van der Waals surface area contributed by atoms with Crippen LogP contribution >= 0.6 is 0 Å². The molecule has 33 heavy (non-hydrogen) atoms. The van der Waals surface area contributed by atoms with Crippen LogP contribution in [-0.4, -0.2) is 28.8 Å². The number of ketones is 1. The highest BCUT2D eigenvalue weighted by molar-refractivity contribution is 5.92. The van der Waals surface area contributed by atoms with Gasteiger partial charge in [0.1, 0.15) is 0 Å². The lowest BCUT2D eigenvalue weighted by Gasteiger charge is -2.22. The highest BCUT2D eigenvalue weighted by Gasteiger charge is 2.31. The molecule has 2 N–H and O–H groups in total. The Morgan fingerprint density at radius 1 is 0.879 bits per heavy atom. The monoisotopic (exact) mass is 471 g/mol.